The van der Waals surface area contributed by atoms with Crippen LogP contribution in [0, 0.1) is 6.92 Å². The highest BCUT2D eigenvalue weighted by Gasteiger charge is 2.18. The Morgan fingerprint density at radius 1 is 1.21 bits per heavy atom. The topological polar surface area (TPSA) is 77.8 Å². The molecule has 1 aliphatic rings. The number of hydrogen-bond donors (Lipinski definition) is 1. The van der Waals surface area contributed by atoms with Gasteiger partial charge in [-0.15, -0.1) is 0 Å². The lowest BCUT2D eigenvalue weighted by atomic mass is 10.2. The first-order valence-corrected chi connectivity index (χ1v) is 9.29. The number of ether oxygens (including phenoxy) is 2. The van der Waals surface area contributed by atoms with Crippen molar-refractivity contribution < 1.29 is 18.7 Å². The molecular weight excluding hydrogens is 358 g/mol. The summed E-state index contributed by atoms with van der Waals surface area (Å²) >= 11 is 0. The van der Waals surface area contributed by atoms with E-state index in [0.29, 0.717) is 29.0 Å². The van der Waals surface area contributed by atoms with Gasteiger partial charge in [-0.2, -0.15) is 0 Å². The van der Waals surface area contributed by atoms with E-state index in [1.807, 2.05) is 19.1 Å². The van der Waals surface area contributed by atoms with E-state index in [1.165, 1.54) is 6.07 Å². The Labute approximate surface area is 162 Å². The number of carbonyl (C=O) groups excluding carboxylic acids is 1. The lowest BCUT2D eigenvalue weighted by Gasteiger charge is -2.16. The number of amides is 1. The molecule has 0 saturated carbocycles. The van der Waals surface area contributed by atoms with Gasteiger partial charge in [0.15, 0.2) is 11.2 Å². The Morgan fingerprint density at radius 2 is 2.07 bits per heavy atom. The van der Waals surface area contributed by atoms with Gasteiger partial charge in [0.2, 0.25) is 0 Å². The molecule has 0 spiro atoms. The van der Waals surface area contributed by atoms with Gasteiger partial charge >= 0.3 is 0 Å². The van der Waals surface area contributed by atoms with Crippen LogP contribution in [-0.4, -0.2) is 25.2 Å². The summed E-state index contributed by atoms with van der Waals surface area (Å²) in [6.07, 6.45) is 2.07. The molecule has 1 fully saturated rings. The van der Waals surface area contributed by atoms with Crippen molar-refractivity contribution in [1.29, 1.82) is 0 Å². The van der Waals surface area contributed by atoms with E-state index in [0.717, 1.165) is 25.0 Å². The molecule has 1 amide bonds. The summed E-state index contributed by atoms with van der Waals surface area (Å²) in [4.78, 5) is 24.9. The molecule has 1 aliphatic heterocycles. The summed E-state index contributed by atoms with van der Waals surface area (Å²) in [5.41, 5.74) is 1.65. The molecule has 0 bridgehead atoms. The second kappa shape index (κ2) is 7.86. The van der Waals surface area contributed by atoms with E-state index in [1.54, 1.807) is 30.3 Å². The number of fused-ring (bicyclic) bond motifs is 1. The molecule has 2 aromatic carbocycles. The first kappa shape index (κ1) is 18.3. The molecule has 1 N–H and O–H groups in total. The van der Waals surface area contributed by atoms with Crippen LogP contribution >= 0.6 is 0 Å². The van der Waals surface area contributed by atoms with Crippen LogP contribution in [0.1, 0.15) is 29.0 Å². The SMILES string of the molecule is Cc1ccc(NC(=O)c2cc(=O)c3ccccc3o2)c(OCC2CCCO2)c1. The Bertz CT molecular complexity index is 1070. The fourth-order valence-corrected chi connectivity index (χ4v) is 3.21. The molecule has 6 heteroatoms. The second-order valence-corrected chi connectivity index (χ2v) is 6.87. The maximum atomic E-state index is 12.7. The van der Waals surface area contributed by atoms with E-state index in [2.05, 4.69) is 5.32 Å². The number of aryl methyl sites for hydroxylation is 1. The first-order chi connectivity index (χ1) is 13.6. The molecule has 3 aromatic rings. The molecule has 1 saturated heterocycles. The van der Waals surface area contributed by atoms with Crippen LogP contribution in [-0.2, 0) is 4.74 Å². The van der Waals surface area contributed by atoms with Gasteiger partial charge in [-0.05, 0) is 49.6 Å². The van der Waals surface area contributed by atoms with Crippen molar-refractivity contribution in [3.05, 3.63) is 70.1 Å². The monoisotopic (exact) mass is 379 g/mol. The third-order valence-corrected chi connectivity index (χ3v) is 4.69. The van der Waals surface area contributed by atoms with Gasteiger partial charge in [0.25, 0.3) is 5.91 Å². The fraction of sp³-hybridized carbons (Fsp3) is 0.273. The van der Waals surface area contributed by atoms with Crippen molar-refractivity contribution in [3.63, 3.8) is 0 Å². The standard InChI is InChI=1S/C22H21NO5/c1-14-8-9-17(20(11-14)27-13-15-5-4-10-26-15)23-22(25)21-12-18(24)16-6-2-3-7-19(16)28-21/h2-3,6-9,11-12,15H,4-5,10,13H2,1H3,(H,23,25). The summed E-state index contributed by atoms with van der Waals surface area (Å²) < 4.78 is 17.1. The number of benzene rings is 2. The molecule has 4 rings (SSSR count). The average molecular weight is 379 g/mol. The molecular formula is C22H21NO5. The molecule has 2 heterocycles. The third-order valence-electron chi connectivity index (χ3n) is 4.69. The second-order valence-electron chi connectivity index (χ2n) is 6.87. The summed E-state index contributed by atoms with van der Waals surface area (Å²) in [6, 6.07) is 13.6. The number of rotatable bonds is 5. The Balaban J connectivity index is 1.56. The Kier molecular flexibility index (Phi) is 5.12. The van der Waals surface area contributed by atoms with E-state index in [-0.39, 0.29) is 17.3 Å². The smallest absolute Gasteiger partial charge is 0.291 e. The highest BCUT2D eigenvalue weighted by Crippen LogP contribution is 2.27. The molecule has 1 atom stereocenters. The maximum Gasteiger partial charge on any atom is 0.291 e. The van der Waals surface area contributed by atoms with Gasteiger partial charge in [0.1, 0.15) is 17.9 Å². The van der Waals surface area contributed by atoms with E-state index in [4.69, 9.17) is 13.9 Å². The number of carbonyl (C=O) groups is 1. The summed E-state index contributed by atoms with van der Waals surface area (Å²) in [6.45, 7) is 3.14. The molecule has 1 aromatic heterocycles. The summed E-state index contributed by atoms with van der Waals surface area (Å²) in [5, 5.41) is 3.22. The number of para-hydroxylation sites is 1. The molecule has 144 valence electrons. The molecule has 28 heavy (non-hydrogen) atoms. The Hall–Kier alpha value is -3.12. The highest BCUT2D eigenvalue weighted by atomic mass is 16.5. The summed E-state index contributed by atoms with van der Waals surface area (Å²) in [7, 11) is 0. The number of anilines is 1. The molecule has 1 unspecified atom stereocenters. The lowest BCUT2D eigenvalue weighted by molar-refractivity contribution is 0.0681. The van der Waals surface area contributed by atoms with Crippen molar-refractivity contribution in [2.75, 3.05) is 18.5 Å². The number of nitrogens with one attached hydrogen (secondary N) is 1. The van der Waals surface area contributed by atoms with Gasteiger partial charge in [-0.25, -0.2) is 0 Å². The fourth-order valence-electron chi connectivity index (χ4n) is 3.21. The van der Waals surface area contributed by atoms with Crippen molar-refractivity contribution in [1.82, 2.24) is 0 Å². The summed E-state index contributed by atoms with van der Waals surface area (Å²) in [5.74, 6) is 0.00927. The zero-order valence-electron chi connectivity index (χ0n) is 15.6. The van der Waals surface area contributed by atoms with Crippen LogP contribution in [0.25, 0.3) is 11.0 Å². The van der Waals surface area contributed by atoms with Crippen LogP contribution in [0.5, 0.6) is 5.75 Å². The minimum atomic E-state index is -0.506. The van der Waals surface area contributed by atoms with E-state index < -0.39 is 5.91 Å². The third kappa shape index (κ3) is 3.92. The van der Waals surface area contributed by atoms with Crippen molar-refractivity contribution in [2.45, 2.75) is 25.9 Å². The van der Waals surface area contributed by atoms with Crippen LogP contribution in [0.3, 0.4) is 0 Å². The van der Waals surface area contributed by atoms with Crippen molar-refractivity contribution in [2.24, 2.45) is 0 Å². The van der Waals surface area contributed by atoms with Gasteiger partial charge in [0, 0.05) is 12.7 Å². The molecule has 0 radical (unpaired) electrons. The van der Waals surface area contributed by atoms with Crippen molar-refractivity contribution in [3.8, 4) is 5.75 Å². The minimum Gasteiger partial charge on any atom is -0.489 e. The average Bonchev–Trinajstić information content (AvgIpc) is 3.21. The van der Waals surface area contributed by atoms with Gasteiger partial charge in [-0.1, -0.05) is 18.2 Å². The lowest BCUT2D eigenvalue weighted by Crippen LogP contribution is -2.19. The van der Waals surface area contributed by atoms with Gasteiger partial charge < -0.3 is 19.2 Å². The molecule has 0 aliphatic carbocycles. The van der Waals surface area contributed by atoms with Crippen LogP contribution in [0.15, 0.2) is 57.7 Å². The van der Waals surface area contributed by atoms with Gasteiger partial charge in [0.05, 0.1) is 17.2 Å². The first-order valence-electron chi connectivity index (χ1n) is 9.29. The predicted molar refractivity (Wildman–Crippen MR) is 106 cm³/mol. The zero-order chi connectivity index (χ0) is 19.5. The zero-order valence-corrected chi connectivity index (χ0v) is 15.6. The normalized spacial score (nSPS) is 16.2. The van der Waals surface area contributed by atoms with Crippen LogP contribution in [0.4, 0.5) is 5.69 Å². The predicted octanol–water partition coefficient (Wildman–Crippen LogP) is 3.91. The Morgan fingerprint density at radius 3 is 2.89 bits per heavy atom. The highest BCUT2D eigenvalue weighted by molar-refractivity contribution is 6.03. The quantitative estimate of drug-likeness (QED) is 0.727. The van der Waals surface area contributed by atoms with Crippen LogP contribution < -0.4 is 15.5 Å². The maximum absolute atomic E-state index is 12.7. The minimum absolute atomic E-state index is 0.0469. The van der Waals surface area contributed by atoms with E-state index in [9.17, 15) is 9.59 Å². The van der Waals surface area contributed by atoms with Gasteiger partial charge in [-0.3, -0.25) is 9.59 Å². The largest absolute Gasteiger partial charge is 0.489 e. The van der Waals surface area contributed by atoms with E-state index >= 15 is 0 Å². The van der Waals surface area contributed by atoms with Crippen LogP contribution in [0.2, 0.25) is 0 Å². The molecule has 6 nitrogen and oxygen atoms in total. The van der Waals surface area contributed by atoms with Crippen molar-refractivity contribution >= 4 is 22.6 Å². The number of hydrogen-bond acceptors (Lipinski definition) is 5.